The van der Waals surface area contributed by atoms with Crippen LogP contribution in [0.15, 0.2) is 12.1 Å². The number of rotatable bonds is 6. The van der Waals surface area contributed by atoms with Gasteiger partial charge in [-0.25, -0.2) is 13.1 Å². The largest absolute Gasteiger partial charge is 0.329 e. The van der Waals surface area contributed by atoms with Gasteiger partial charge in [0.25, 0.3) is 0 Å². The first-order valence-corrected chi connectivity index (χ1v) is 7.30. The Morgan fingerprint density at radius 2 is 2.20 bits per heavy atom. The Balaban J connectivity index is 2.33. The van der Waals surface area contributed by atoms with Crippen molar-refractivity contribution in [2.24, 2.45) is 5.73 Å². The van der Waals surface area contributed by atoms with Crippen LogP contribution < -0.4 is 10.5 Å². The lowest BCUT2D eigenvalue weighted by atomic mass is 10.3. The van der Waals surface area contributed by atoms with Crippen molar-refractivity contribution in [3.63, 3.8) is 0 Å². The Morgan fingerprint density at radius 3 is 2.73 bits per heavy atom. The first-order chi connectivity index (χ1) is 7.03. The van der Waals surface area contributed by atoms with Crippen molar-refractivity contribution in [1.82, 2.24) is 4.72 Å². The van der Waals surface area contributed by atoms with E-state index in [-0.39, 0.29) is 12.3 Å². The molecular weight excluding hydrogens is 256 g/mol. The summed E-state index contributed by atoms with van der Waals surface area (Å²) in [4.78, 5) is 1.07. The van der Waals surface area contributed by atoms with Gasteiger partial charge in [-0.15, -0.1) is 11.3 Å². The van der Waals surface area contributed by atoms with E-state index in [1.54, 1.807) is 6.07 Å². The van der Waals surface area contributed by atoms with Gasteiger partial charge < -0.3 is 5.73 Å². The number of halogens is 1. The molecule has 0 radical (unpaired) electrons. The highest BCUT2D eigenvalue weighted by Gasteiger charge is 2.07. The number of hydrogen-bond acceptors (Lipinski definition) is 4. The predicted molar refractivity (Wildman–Crippen MR) is 63.9 cm³/mol. The zero-order chi connectivity index (χ0) is 11.3. The van der Waals surface area contributed by atoms with Crippen LogP contribution in [0.2, 0.25) is 4.34 Å². The highest BCUT2D eigenvalue weighted by molar-refractivity contribution is 7.89. The quantitative estimate of drug-likeness (QED) is 0.802. The van der Waals surface area contributed by atoms with Crippen molar-refractivity contribution < 1.29 is 8.42 Å². The molecule has 1 rings (SSSR count). The van der Waals surface area contributed by atoms with Crippen LogP contribution in [0.4, 0.5) is 0 Å². The minimum absolute atomic E-state index is 0.0296. The van der Waals surface area contributed by atoms with E-state index in [4.69, 9.17) is 17.3 Å². The Labute approximate surface area is 98.5 Å². The number of sulfonamides is 1. The first-order valence-electron chi connectivity index (χ1n) is 4.45. The maximum Gasteiger partial charge on any atom is 0.212 e. The normalized spacial score (nSPS) is 11.9. The molecule has 0 aliphatic rings. The summed E-state index contributed by atoms with van der Waals surface area (Å²) in [5.74, 6) is -0.0296. The third-order valence-electron chi connectivity index (χ3n) is 1.71. The van der Waals surface area contributed by atoms with Gasteiger partial charge in [-0.2, -0.15) is 0 Å². The van der Waals surface area contributed by atoms with Crippen molar-refractivity contribution in [2.45, 2.75) is 6.42 Å². The van der Waals surface area contributed by atoms with Gasteiger partial charge in [-0.3, -0.25) is 0 Å². The number of thiophene rings is 1. The lowest BCUT2D eigenvalue weighted by Gasteiger charge is -2.03. The zero-order valence-electron chi connectivity index (χ0n) is 8.07. The second-order valence-corrected chi connectivity index (χ2v) is 6.68. The van der Waals surface area contributed by atoms with Gasteiger partial charge in [-0.05, 0) is 18.6 Å². The summed E-state index contributed by atoms with van der Waals surface area (Å²) in [6.07, 6.45) is 0.654. The van der Waals surface area contributed by atoms with E-state index in [2.05, 4.69) is 4.72 Å². The van der Waals surface area contributed by atoms with Crippen LogP contribution >= 0.6 is 22.9 Å². The molecule has 0 saturated carbocycles. The van der Waals surface area contributed by atoms with Gasteiger partial charge in [0.05, 0.1) is 10.1 Å². The lowest BCUT2D eigenvalue weighted by molar-refractivity contribution is 0.581. The average Bonchev–Trinajstić information content (AvgIpc) is 2.51. The SMILES string of the molecule is NCCS(=O)(=O)NCCc1ccc(Cl)s1. The van der Waals surface area contributed by atoms with Crippen molar-refractivity contribution in [3.8, 4) is 0 Å². The fourth-order valence-corrected chi connectivity index (χ4v) is 3.00. The van der Waals surface area contributed by atoms with Gasteiger partial charge in [0.2, 0.25) is 10.0 Å². The van der Waals surface area contributed by atoms with Gasteiger partial charge in [0.1, 0.15) is 0 Å². The summed E-state index contributed by atoms with van der Waals surface area (Å²) in [6, 6.07) is 3.69. The van der Waals surface area contributed by atoms with Gasteiger partial charge in [0.15, 0.2) is 0 Å². The predicted octanol–water partition coefficient (Wildman–Crippen LogP) is 0.822. The molecule has 0 unspecified atom stereocenters. The van der Waals surface area contributed by atoms with Crippen LogP contribution in [0.25, 0.3) is 0 Å². The van der Waals surface area contributed by atoms with E-state index >= 15 is 0 Å². The van der Waals surface area contributed by atoms with E-state index in [0.29, 0.717) is 13.0 Å². The minimum Gasteiger partial charge on any atom is -0.329 e. The molecule has 3 N–H and O–H groups in total. The summed E-state index contributed by atoms with van der Waals surface area (Å²) in [5, 5.41) is 0. The van der Waals surface area contributed by atoms with Crippen molar-refractivity contribution >= 4 is 33.0 Å². The monoisotopic (exact) mass is 268 g/mol. The topological polar surface area (TPSA) is 72.2 Å². The van der Waals surface area contributed by atoms with Gasteiger partial charge in [0, 0.05) is 18.0 Å². The van der Waals surface area contributed by atoms with Crippen molar-refractivity contribution in [1.29, 1.82) is 0 Å². The molecule has 0 amide bonds. The maximum absolute atomic E-state index is 11.2. The molecule has 0 aromatic carbocycles. The molecule has 15 heavy (non-hydrogen) atoms. The van der Waals surface area contributed by atoms with Crippen LogP contribution in [0.5, 0.6) is 0 Å². The number of hydrogen-bond donors (Lipinski definition) is 2. The van der Waals surface area contributed by atoms with Gasteiger partial charge >= 0.3 is 0 Å². The van der Waals surface area contributed by atoms with Crippen LogP contribution in [-0.2, 0) is 16.4 Å². The summed E-state index contributed by atoms with van der Waals surface area (Å²) in [5.41, 5.74) is 5.17. The molecular formula is C8H13ClN2O2S2. The second-order valence-electron chi connectivity index (χ2n) is 2.96. The lowest BCUT2D eigenvalue weighted by Crippen LogP contribution is -2.31. The van der Waals surface area contributed by atoms with Crippen molar-refractivity contribution in [3.05, 3.63) is 21.3 Å². The summed E-state index contributed by atoms with van der Waals surface area (Å²) >= 11 is 7.20. The Kier molecular flexibility index (Phi) is 5.01. The molecule has 0 fully saturated rings. The van der Waals surface area contributed by atoms with Crippen LogP contribution in [0.3, 0.4) is 0 Å². The maximum atomic E-state index is 11.2. The standard InChI is InChI=1S/C8H13ClN2O2S2/c9-8-2-1-7(14-8)3-5-11-15(12,13)6-4-10/h1-2,11H,3-6,10H2. The molecule has 0 spiro atoms. The first kappa shape index (κ1) is 12.9. The Morgan fingerprint density at radius 1 is 1.47 bits per heavy atom. The van der Waals surface area contributed by atoms with E-state index in [0.717, 1.165) is 9.21 Å². The summed E-state index contributed by atoms with van der Waals surface area (Å²) in [7, 11) is -3.20. The summed E-state index contributed by atoms with van der Waals surface area (Å²) < 4.78 is 25.6. The molecule has 0 bridgehead atoms. The fraction of sp³-hybridized carbons (Fsp3) is 0.500. The zero-order valence-corrected chi connectivity index (χ0v) is 10.5. The third-order valence-corrected chi connectivity index (χ3v) is 4.42. The highest BCUT2D eigenvalue weighted by Crippen LogP contribution is 2.21. The van der Waals surface area contributed by atoms with E-state index in [9.17, 15) is 8.42 Å². The average molecular weight is 269 g/mol. The Hall–Kier alpha value is -0.140. The van der Waals surface area contributed by atoms with Gasteiger partial charge in [-0.1, -0.05) is 11.6 Å². The van der Waals surface area contributed by atoms with Crippen LogP contribution in [-0.4, -0.2) is 27.3 Å². The molecule has 7 heteroatoms. The third kappa shape index (κ3) is 4.94. The van der Waals surface area contributed by atoms with E-state index < -0.39 is 10.0 Å². The fourth-order valence-electron chi connectivity index (χ4n) is 1.04. The van der Waals surface area contributed by atoms with Crippen molar-refractivity contribution in [2.75, 3.05) is 18.8 Å². The molecule has 0 saturated heterocycles. The van der Waals surface area contributed by atoms with E-state index in [1.165, 1.54) is 11.3 Å². The van der Waals surface area contributed by atoms with E-state index in [1.807, 2.05) is 6.07 Å². The summed E-state index contributed by atoms with van der Waals surface area (Å²) in [6.45, 7) is 0.527. The molecule has 1 aromatic heterocycles. The molecule has 0 aliphatic carbocycles. The number of nitrogens with one attached hydrogen (secondary N) is 1. The second kappa shape index (κ2) is 5.81. The molecule has 4 nitrogen and oxygen atoms in total. The van der Waals surface area contributed by atoms with Crippen LogP contribution in [0, 0.1) is 0 Å². The Bertz CT molecular complexity index is 403. The number of nitrogens with two attached hydrogens (primary N) is 1. The van der Waals surface area contributed by atoms with Crippen LogP contribution in [0.1, 0.15) is 4.88 Å². The molecule has 1 heterocycles. The smallest absolute Gasteiger partial charge is 0.212 e. The highest BCUT2D eigenvalue weighted by atomic mass is 35.5. The molecule has 1 aromatic rings. The molecule has 0 aliphatic heterocycles. The molecule has 0 atom stereocenters. The minimum atomic E-state index is -3.20. The molecule has 86 valence electrons.